The van der Waals surface area contributed by atoms with Crippen molar-refractivity contribution in [2.45, 2.75) is 38.2 Å². The van der Waals surface area contributed by atoms with Gasteiger partial charge in [0, 0.05) is 25.4 Å². The normalized spacial score (nSPS) is 21.3. The van der Waals surface area contributed by atoms with Crippen molar-refractivity contribution >= 4 is 26.8 Å². The van der Waals surface area contributed by atoms with Crippen molar-refractivity contribution < 1.29 is 26.7 Å². The highest BCUT2D eigenvalue weighted by Gasteiger charge is 2.27. The van der Waals surface area contributed by atoms with E-state index in [9.17, 15) is 17.2 Å². The van der Waals surface area contributed by atoms with Crippen LogP contribution in [0, 0.1) is 5.92 Å². The van der Waals surface area contributed by atoms with Crippen molar-refractivity contribution in [1.29, 1.82) is 0 Å². The van der Waals surface area contributed by atoms with E-state index in [4.69, 9.17) is 9.47 Å². The number of halogens is 2. The first-order chi connectivity index (χ1) is 17.3. The number of fused-ring (bicyclic) bond motifs is 1. The highest BCUT2D eigenvalue weighted by atomic mass is 32.2. The fourth-order valence-corrected chi connectivity index (χ4v) is 6.12. The van der Waals surface area contributed by atoms with Crippen molar-refractivity contribution in [2.24, 2.45) is 5.92 Å². The lowest BCUT2D eigenvalue weighted by atomic mass is 9.89. The maximum atomic E-state index is 14.0. The molecular weight excluding hydrogens is 492 g/mol. The fraction of sp³-hybridized carbons (Fsp3) is 0.542. The quantitative estimate of drug-likeness (QED) is 0.465. The Labute approximate surface area is 208 Å². The van der Waals surface area contributed by atoms with E-state index in [1.165, 1.54) is 10.8 Å². The number of benzene rings is 1. The van der Waals surface area contributed by atoms with Crippen LogP contribution >= 0.6 is 0 Å². The van der Waals surface area contributed by atoms with E-state index < -0.39 is 22.1 Å². The third kappa shape index (κ3) is 5.59. The predicted octanol–water partition coefficient (Wildman–Crippen LogP) is 3.57. The van der Waals surface area contributed by atoms with E-state index in [-0.39, 0.29) is 23.6 Å². The molecule has 1 aromatic carbocycles. The molecule has 3 heterocycles. The molecule has 0 amide bonds. The minimum Gasteiger partial charge on any atom is -0.474 e. The molecule has 1 saturated heterocycles. The van der Waals surface area contributed by atoms with Crippen molar-refractivity contribution in [1.82, 2.24) is 19.5 Å². The van der Waals surface area contributed by atoms with Gasteiger partial charge < -0.3 is 14.4 Å². The van der Waals surface area contributed by atoms with Gasteiger partial charge in [-0.15, -0.1) is 0 Å². The zero-order chi connectivity index (χ0) is 25.3. The summed E-state index contributed by atoms with van der Waals surface area (Å²) in [5.41, 5.74) is 0.970. The number of hydrogen-bond donors (Lipinski definition) is 0. The summed E-state index contributed by atoms with van der Waals surface area (Å²) in [4.78, 5) is 15.3. The number of aromatic nitrogens is 4. The van der Waals surface area contributed by atoms with E-state index in [1.807, 2.05) is 4.90 Å². The Bertz CT molecular complexity index is 1320. The molecule has 9 nitrogen and oxygen atoms in total. The summed E-state index contributed by atoms with van der Waals surface area (Å²) in [7, 11) is -3.03. The molecule has 1 aliphatic carbocycles. The first-order valence-corrected chi connectivity index (χ1v) is 14.1. The number of morpholine rings is 1. The number of hydrogen-bond acceptors (Lipinski definition) is 8. The van der Waals surface area contributed by atoms with E-state index in [2.05, 4.69) is 15.0 Å². The van der Waals surface area contributed by atoms with Crippen molar-refractivity contribution in [3.63, 3.8) is 0 Å². The molecule has 0 atom stereocenters. The molecule has 0 bridgehead atoms. The average molecular weight is 522 g/mol. The first kappa shape index (κ1) is 24.8. The second kappa shape index (κ2) is 10.3. The van der Waals surface area contributed by atoms with Gasteiger partial charge in [-0.3, -0.25) is 4.57 Å². The predicted molar refractivity (Wildman–Crippen MR) is 131 cm³/mol. The monoisotopic (exact) mass is 521 g/mol. The van der Waals surface area contributed by atoms with Crippen LogP contribution in [0.15, 0.2) is 30.3 Å². The minimum absolute atomic E-state index is 0.121. The molecule has 194 valence electrons. The Morgan fingerprint density at radius 3 is 2.50 bits per heavy atom. The zero-order valence-electron chi connectivity index (χ0n) is 20.0. The molecule has 3 aromatic rings. The van der Waals surface area contributed by atoms with Crippen LogP contribution in [0.1, 0.15) is 37.9 Å². The SMILES string of the molecule is CS(=O)(=O)CC1CCC(Oc2cc(-n3c(C(F)F)nc4ccccc43)nc(N3CCOCC3)n2)CC1. The lowest BCUT2D eigenvalue weighted by Gasteiger charge is -2.30. The van der Waals surface area contributed by atoms with Crippen molar-refractivity contribution in [3.8, 4) is 11.7 Å². The van der Waals surface area contributed by atoms with Gasteiger partial charge in [0.25, 0.3) is 6.43 Å². The van der Waals surface area contributed by atoms with Gasteiger partial charge in [0.2, 0.25) is 11.8 Å². The number of imidazole rings is 1. The molecule has 12 heteroatoms. The zero-order valence-corrected chi connectivity index (χ0v) is 20.8. The number of rotatable bonds is 7. The molecule has 36 heavy (non-hydrogen) atoms. The van der Waals surface area contributed by atoms with Gasteiger partial charge in [-0.1, -0.05) is 12.1 Å². The summed E-state index contributed by atoms with van der Waals surface area (Å²) in [6.07, 6.45) is 1.20. The maximum absolute atomic E-state index is 14.0. The van der Waals surface area contributed by atoms with Crippen LogP contribution in [0.5, 0.6) is 5.88 Å². The molecule has 0 radical (unpaired) electrons. The number of anilines is 1. The van der Waals surface area contributed by atoms with Gasteiger partial charge in [-0.25, -0.2) is 22.2 Å². The lowest BCUT2D eigenvalue weighted by molar-refractivity contribution is 0.120. The van der Waals surface area contributed by atoms with E-state index in [1.54, 1.807) is 30.3 Å². The molecule has 5 rings (SSSR count). The lowest BCUT2D eigenvalue weighted by Crippen LogP contribution is -2.37. The minimum atomic E-state index is -3.03. The van der Waals surface area contributed by atoms with Gasteiger partial charge in [0.15, 0.2) is 5.82 Å². The summed E-state index contributed by atoms with van der Waals surface area (Å²) < 4.78 is 64.4. The van der Waals surface area contributed by atoms with E-state index in [0.29, 0.717) is 62.0 Å². The van der Waals surface area contributed by atoms with Crippen LogP contribution in [0.4, 0.5) is 14.7 Å². The van der Waals surface area contributed by atoms with Crippen LogP contribution < -0.4 is 9.64 Å². The van der Waals surface area contributed by atoms with Crippen molar-refractivity contribution in [3.05, 3.63) is 36.2 Å². The second-order valence-electron chi connectivity index (χ2n) is 9.41. The fourth-order valence-electron chi connectivity index (χ4n) is 4.93. The van der Waals surface area contributed by atoms with Crippen LogP contribution in [0.2, 0.25) is 0 Å². The van der Waals surface area contributed by atoms with Crippen LogP contribution in [0.25, 0.3) is 16.9 Å². The average Bonchev–Trinajstić information content (AvgIpc) is 3.25. The standard InChI is InChI=1S/C24H29F2N5O4S/c1-36(32,33)15-16-6-8-17(9-7-16)35-21-14-20(28-24(29-21)30-10-12-34-13-11-30)31-19-5-3-2-4-18(19)27-23(31)22(25)26/h2-5,14,16-17,22H,6-13,15H2,1H3. The molecule has 0 N–H and O–H groups in total. The molecule has 2 fully saturated rings. The Morgan fingerprint density at radius 2 is 1.81 bits per heavy atom. The molecule has 2 aromatic heterocycles. The first-order valence-electron chi connectivity index (χ1n) is 12.1. The number of nitrogens with zero attached hydrogens (tertiary/aromatic N) is 5. The summed E-state index contributed by atoms with van der Waals surface area (Å²) >= 11 is 0. The topological polar surface area (TPSA) is 99.4 Å². The van der Waals surface area contributed by atoms with Gasteiger partial charge in [0.05, 0.1) is 30.0 Å². The number of para-hydroxylation sites is 2. The van der Waals surface area contributed by atoms with Crippen LogP contribution in [-0.4, -0.2) is 72.4 Å². The molecule has 1 aliphatic heterocycles. The summed E-state index contributed by atoms with van der Waals surface area (Å²) in [5, 5.41) is 0. The van der Waals surface area contributed by atoms with Gasteiger partial charge in [-0.05, 0) is 43.7 Å². The molecule has 1 saturated carbocycles. The number of sulfone groups is 1. The van der Waals surface area contributed by atoms with Crippen LogP contribution in [-0.2, 0) is 14.6 Å². The van der Waals surface area contributed by atoms with E-state index >= 15 is 0 Å². The number of ether oxygens (including phenoxy) is 2. The summed E-state index contributed by atoms with van der Waals surface area (Å²) in [6, 6.07) is 8.52. The van der Waals surface area contributed by atoms with Crippen LogP contribution in [0.3, 0.4) is 0 Å². The Hall–Kier alpha value is -2.86. The maximum Gasteiger partial charge on any atom is 0.296 e. The smallest absolute Gasteiger partial charge is 0.296 e. The van der Waals surface area contributed by atoms with E-state index in [0.717, 1.165) is 12.8 Å². The highest BCUT2D eigenvalue weighted by molar-refractivity contribution is 7.90. The highest BCUT2D eigenvalue weighted by Crippen LogP contribution is 2.32. The van der Waals surface area contributed by atoms with Crippen molar-refractivity contribution in [2.75, 3.05) is 43.2 Å². The Kier molecular flexibility index (Phi) is 7.07. The Balaban J connectivity index is 1.48. The molecule has 2 aliphatic rings. The molecular formula is C24H29F2N5O4S. The molecule has 0 unspecified atom stereocenters. The largest absolute Gasteiger partial charge is 0.474 e. The Morgan fingerprint density at radius 1 is 1.08 bits per heavy atom. The third-order valence-corrected chi connectivity index (χ3v) is 7.68. The second-order valence-corrected chi connectivity index (χ2v) is 11.6. The van der Waals surface area contributed by atoms with Gasteiger partial charge >= 0.3 is 0 Å². The summed E-state index contributed by atoms with van der Waals surface area (Å²) in [5.74, 6) is 0.852. The molecule has 0 spiro atoms. The number of alkyl halides is 2. The van der Waals surface area contributed by atoms with Gasteiger partial charge in [0.1, 0.15) is 21.8 Å². The van der Waals surface area contributed by atoms with Gasteiger partial charge in [-0.2, -0.15) is 9.97 Å². The third-order valence-electron chi connectivity index (χ3n) is 6.60. The summed E-state index contributed by atoms with van der Waals surface area (Å²) in [6.45, 7) is 2.19.